The van der Waals surface area contributed by atoms with Gasteiger partial charge in [-0.2, -0.15) is 0 Å². The van der Waals surface area contributed by atoms with E-state index in [0.717, 1.165) is 55.6 Å². The molecule has 3 aromatic rings. The van der Waals surface area contributed by atoms with Gasteiger partial charge in [-0.3, -0.25) is 9.78 Å². The highest BCUT2D eigenvalue weighted by molar-refractivity contribution is 5.83. The lowest BCUT2D eigenvalue weighted by atomic mass is 9.79. The quantitative estimate of drug-likeness (QED) is 0.419. The number of aromatic nitrogens is 3. The van der Waals surface area contributed by atoms with E-state index in [9.17, 15) is 9.90 Å². The molecule has 3 atom stereocenters. The van der Waals surface area contributed by atoms with Crippen LogP contribution in [0.1, 0.15) is 49.7 Å². The third-order valence-corrected chi connectivity index (χ3v) is 7.02. The van der Waals surface area contributed by atoms with Gasteiger partial charge in [0.2, 0.25) is 0 Å². The van der Waals surface area contributed by atoms with Gasteiger partial charge in [-0.05, 0) is 86.5 Å². The summed E-state index contributed by atoms with van der Waals surface area (Å²) in [5.41, 5.74) is 1.35. The second kappa shape index (κ2) is 12.0. The molecular weight excluding hydrogens is 447 g/mol. The Labute approximate surface area is 205 Å². The van der Waals surface area contributed by atoms with Crippen LogP contribution in [0.5, 0.6) is 5.75 Å². The largest absolute Gasteiger partial charge is 0.497 e. The van der Waals surface area contributed by atoms with Crippen molar-refractivity contribution in [1.82, 2.24) is 19.9 Å². The van der Waals surface area contributed by atoms with Crippen LogP contribution in [0.4, 0.5) is 4.39 Å². The van der Waals surface area contributed by atoms with Gasteiger partial charge in [-0.25, -0.2) is 14.4 Å². The van der Waals surface area contributed by atoms with Crippen LogP contribution in [0.2, 0.25) is 0 Å². The van der Waals surface area contributed by atoms with Crippen molar-refractivity contribution in [1.29, 1.82) is 0 Å². The molecule has 4 rings (SSSR count). The molecule has 0 radical (unpaired) electrons. The number of alkyl halides is 1. The van der Waals surface area contributed by atoms with Gasteiger partial charge in [-0.15, -0.1) is 0 Å². The number of rotatable bonds is 11. The maximum absolute atomic E-state index is 15.4. The Bertz CT molecular complexity index is 1110. The number of carboxylic acids is 1. The number of fused-ring (bicyclic) bond motifs is 1. The van der Waals surface area contributed by atoms with Gasteiger partial charge < -0.3 is 14.7 Å². The van der Waals surface area contributed by atoms with E-state index in [1.807, 2.05) is 18.2 Å². The SMILES string of the molecule is COc1ccc2nccc([C@@H](F)CC[C@@H]3CCN(CCCc4ncccn4)C[C@@H]3CC(=O)O)c2c1. The number of benzene rings is 1. The van der Waals surface area contributed by atoms with E-state index in [-0.39, 0.29) is 18.3 Å². The number of pyridine rings is 1. The molecule has 1 aromatic carbocycles. The first-order chi connectivity index (χ1) is 17.0. The van der Waals surface area contributed by atoms with E-state index in [1.165, 1.54) is 0 Å². The standard InChI is InChI=1S/C27H33FN4O3/c1-35-21-6-8-25-23(17-21)22(9-13-29-25)24(28)7-5-19-10-15-32(18-20(19)16-27(33)34)14-2-4-26-30-11-3-12-31-26/h3,6,8-9,11-13,17,19-20,24H,2,4-5,7,10,14-16,18H2,1H3,(H,33,34)/t19-,20+,24+/m1/s1. The van der Waals surface area contributed by atoms with Gasteiger partial charge in [-0.1, -0.05) is 0 Å². The van der Waals surface area contributed by atoms with Crippen molar-refractivity contribution < 1.29 is 19.0 Å². The van der Waals surface area contributed by atoms with Gasteiger partial charge >= 0.3 is 5.97 Å². The molecule has 0 unspecified atom stereocenters. The van der Waals surface area contributed by atoms with E-state index in [4.69, 9.17) is 4.74 Å². The summed E-state index contributed by atoms with van der Waals surface area (Å²) in [7, 11) is 1.59. The number of carbonyl (C=O) groups is 1. The molecule has 8 heteroatoms. The Morgan fingerprint density at radius 2 is 2.03 bits per heavy atom. The number of hydrogen-bond acceptors (Lipinski definition) is 6. The van der Waals surface area contributed by atoms with E-state index >= 15 is 4.39 Å². The molecule has 0 aliphatic carbocycles. The molecule has 1 aliphatic rings. The van der Waals surface area contributed by atoms with E-state index in [2.05, 4.69) is 19.9 Å². The first-order valence-electron chi connectivity index (χ1n) is 12.3. The molecular formula is C27H33FN4O3. The lowest BCUT2D eigenvalue weighted by Crippen LogP contribution is -2.42. The van der Waals surface area contributed by atoms with E-state index in [1.54, 1.807) is 37.8 Å². The molecule has 7 nitrogen and oxygen atoms in total. The Balaban J connectivity index is 1.35. The normalized spacial score (nSPS) is 19.5. The topological polar surface area (TPSA) is 88.4 Å². The molecule has 0 spiro atoms. The van der Waals surface area contributed by atoms with Gasteiger partial charge in [0, 0.05) is 43.4 Å². The summed E-state index contributed by atoms with van der Waals surface area (Å²) in [6, 6.07) is 9.04. The third kappa shape index (κ3) is 6.72. The Morgan fingerprint density at radius 1 is 1.20 bits per heavy atom. The lowest BCUT2D eigenvalue weighted by molar-refractivity contribution is -0.139. The number of aliphatic carboxylic acids is 1. The zero-order valence-corrected chi connectivity index (χ0v) is 20.1. The van der Waals surface area contributed by atoms with E-state index in [0.29, 0.717) is 24.2 Å². The first-order valence-corrected chi connectivity index (χ1v) is 12.3. The fourth-order valence-corrected chi connectivity index (χ4v) is 5.18. The zero-order chi connectivity index (χ0) is 24.6. The minimum absolute atomic E-state index is 0.0238. The van der Waals surface area contributed by atoms with Crippen LogP contribution >= 0.6 is 0 Å². The minimum atomic E-state index is -1.14. The molecule has 1 N–H and O–H groups in total. The molecule has 186 valence electrons. The number of ether oxygens (including phenoxy) is 1. The zero-order valence-electron chi connectivity index (χ0n) is 20.1. The summed E-state index contributed by atoms with van der Waals surface area (Å²) in [5.74, 6) is 0.936. The Kier molecular flexibility index (Phi) is 8.58. The smallest absolute Gasteiger partial charge is 0.303 e. The summed E-state index contributed by atoms with van der Waals surface area (Å²) in [6.07, 6.45) is 7.77. The Hall–Kier alpha value is -3.13. The van der Waals surface area contributed by atoms with Crippen LogP contribution in [0.25, 0.3) is 10.9 Å². The van der Waals surface area contributed by atoms with Gasteiger partial charge in [0.25, 0.3) is 0 Å². The van der Waals surface area contributed by atoms with Gasteiger partial charge in [0.05, 0.1) is 12.6 Å². The van der Waals surface area contributed by atoms with Crippen molar-refractivity contribution in [2.75, 3.05) is 26.7 Å². The second-order valence-corrected chi connectivity index (χ2v) is 9.30. The maximum atomic E-state index is 15.4. The van der Waals surface area contributed by atoms with Crippen LogP contribution in [-0.2, 0) is 11.2 Å². The average Bonchev–Trinajstić information content (AvgIpc) is 2.87. The van der Waals surface area contributed by atoms with Gasteiger partial charge in [0.15, 0.2) is 0 Å². The Morgan fingerprint density at radius 3 is 2.80 bits per heavy atom. The number of methoxy groups -OCH3 is 1. The van der Waals surface area contributed by atoms with Gasteiger partial charge in [0.1, 0.15) is 17.7 Å². The van der Waals surface area contributed by atoms with Crippen LogP contribution in [-0.4, -0.2) is 57.7 Å². The van der Waals surface area contributed by atoms with Crippen molar-refractivity contribution in [3.05, 3.63) is 60.3 Å². The van der Waals surface area contributed by atoms with Crippen molar-refractivity contribution >= 4 is 16.9 Å². The van der Waals surface area contributed by atoms with Crippen LogP contribution < -0.4 is 4.74 Å². The van der Waals surface area contributed by atoms with Crippen LogP contribution in [0.15, 0.2) is 48.9 Å². The molecule has 0 amide bonds. The maximum Gasteiger partial charge on any atom is 0.303 e. The average molecular weight is 481 g/mol. The molecule has 2 aromatic heterocycles. The first kappa shape index (κ1) is 25.0. The number of carboxylic acid groups (broad SMARTS) is 1. The van der Waals surface area contributed by atoms with Crippen molar-refractivity contribution in [2.24, 2.45) is 11.8 Å². The number of nitrogens with zero attached hydrogens (tertiary/aromatic N) is 4. The van der Waals surface area contributed by atoms with Crippen LogP contribution in [0, 0.1) is 11.8 Å². The van der Waals surface area contributed by atoms with Crippen molar-refractivity contribution in [3.63, 3.8) is 0 Å². The fraction of sp³-hybridized carbons (Fsp3) is 0.481. The fourth-order valence-electron chi connectivity index (χ4n) is 5.18. The molecule has 3 heterocycles. The summed E-state index contributed by atoms with van der Waals surface area (Å²) >= 11 is 0. The molecule has 1 saturated heterocycles. The number of aryl methyl sites for hydroxylation is 1. The minimum Gasteiger partial charge on any atom is -0.497 e. The van der Waals surface area contributed by atoms with Crippen LogP contribution in [0.3, 0.4) is 0 Å². The number of halogens is 1. The highest BCUT2D eigenvalue weighted by atomic mass is 19.1. The summed E-state index contributed by atoms with van der Waals surface area (Å²) in [6.45, 7) is 2.53. The van der Waals surface area contributed by atoms with Crippen molar-refractivity contribution in [2.45, 2.75) is 44.7 Å². The molecule has 1 fully saturated rings. The van der Waals surface area contributed by atoms with Crippen molar-refractivity contribution in [3.8, 4) is 5.75 Å². The van der Waals surface area contributed by atoms with E-state index < -0.39 is 12.1 Å². The highest BCUT2D eigenvalue weighted by Crippen LogP contribution is 2.36. The summed E-state index contributed by atoms with van der Waals surface area (Å²) in [5, 5.41) is 10.3. The predicted octanol–water partition coefficient (Wildman–Crippen LogP) is 4.87. The molecule has 35 heavy (non-hydrogen) atoms. The summed E-state index contributed by atoms with van der Waals surface area (Å²) < 4.78 is 20.8. The second-order valence-electron chi connectivity index (χ2n) is 9.30. The highest BCUT2D eigenvalue weighted by Gasteiger charge is 2.31. The number of piperidine rings is 1. The molecule has 0 saturated carbocycles. The third-order valence-electron chi connectivity index (χ3n) is 7.02. The molecule has 0 bridgehead atoms. The predicted molar refractivity (Wildman–Crippen MR) is 132 cm³/mol. The number of likely N-dealkylation sites (tertiary alicyclic amines) is 1. The summed E-state index contributed by atoms with van der Waals surface area (Å²) in [4.78, 5) is 26.8. The lowest BCUT2D eigenvalue weighted by Gasteiger charge is -2.38. The number of hydrogen-bond donors (Lipinski definition) is 1. The molecule has 1 aliphatic heterocycles. The monoisotopic (exact) mass is 480 g/mol.